The zero-order valence-corrected chi connectivity index (χ0v) is 17.9. The first-order chi connectivity index (χ1) is 13.3. The lowest BCUT2D eigenvalue weighted by Gasteiger charge is -2.31. The van der Waals surface area contributed by atoms with E-state index in [2.05, 4.69) is 5.32 Å². The minimum atomic E-state index is -0.562. The Hall–Kier alpha value is -2.04. The topological polar surface area (TPSA) is 49.4 Å². The average molecular weight is 421 g/mol. The maximum absolute atomic E-state index is 13.2. The van der Waals surface area contributed by atoms with Gasteiger partial charge in [0.2, 0.25) is 11.8 Å². The van der Waals surface area contributed by atoms with Gasteiger partial charge >= 0.3 is 0 Å². The van der Waals surface area contributed by atoms with Gasteiger partial charge in [-0.3, -0.25) is 9.59 Å². The van der Waals surface area contributed by atoms with Gasteiger partial charge in [-0.2, -0.15) is 0 Å². The Morgan fingerprint density at radius 2 is 1.68 bits per heavy atom. The van der Waals surface area contributed by atoms with Crippen LogP contribution in [0.2, 0.25) is 10.0 Å². The molecule has 0 aliphatic heterocycles. The molecule has 0 heterocycles. The molecule has 0 saturated heterocycles. The summed E-state index contributed by atoms with van der Waals surface area (Å²) in [5.41, 5.74) is 1.65. The Bertz CT molecular complexity index is 806. The van der Waals surface area contributed by atoms with E-state index in [0.29, 0.717) is 23.0 Å². The highest BCUT2D eigenvalue weighted by atomic mass is 35.5. The molecule has 1 atom stereocenters. The highest BCUT2D eigenvalue weighted by molar-refractivity contribution is 6.31. The second-order valence-electron chi connectivity index (χ2n) is 7.00. The monoisotopic (exact) mass is 420 g/mol. The fourth-order valence-electron chi connectivity index (χ4n) is 2.99. The second-order valence-corrected chi connectivity index (χ2v) is 7.85. The molecule has 2 aromatic rings. The molecule has 6 heteroatoms. The maximum atomic E-state index is 13.2. The predicted molar refractivity (Wildman–Crippen MR) is 115 cm³/mol. The molecular formula is C22H26Cl2N2O2. The quantitative estimate of drug-likeness (QED) is 0.661. The van der Waals surface area contributed by atoms with Crippen molar-refractivity contribution in [1.29, 1.82) is 0 Å². The number of rotatable bonds is 8. The minimum absolute atomic E-state index is 0.00222. The molecule has 0 fully saturated rings. The Kier molecular flexibility index (Phi) is 8.34. The van der Waals surface area contributed by atoms with Gasteiger partial charge in [0.05, 0.1) is 6.42 Å². The van der Waals surface area contributed by atoms with Gasteiger partial charge in [0.25, 0.3) is 0 Å². The van der Waals surface area contributed by atoms with Crippen molar-refractivity contribution in [2.75, 3.05) is 0 Å². The van der Waals surface area contributed by atoms with E-state index in [-0.39, 0.29) is 24.3 Å². The Morgan fingerprint density at radius 3 is 2.25 bits per heavy atom. The molecule has 0 radical (unpaired) electrons. The van der Waals surface area contributed by atoms with Crippen LogP contribution in [0.15, 0.2) is 48.5 Å². The summed E-state index contributed by atoms with van der Waals surface area (Å²) in [4.78, 5) is 27.6. The van der Waals surface area contributed by atoms with E-state index in [9.17, 15) is 9.59 Å². The molecule has 150 valence electrons. The van der Waals surface area contributed by atoms with Gasteiger partial charge in [0, 0.05) is 22.6 Å². The zero-order chi connectivity index (χ0) is 20.7. The fraction of sp³-hybridized carbons (Fsp3) is 0.364. The van der Waals surface area contributed by atoms with Crippen molar-refractivity contribution in [3.63, 3.8) is 0 Å². The van der Waals surface area contributed by atoms with Crippen LogP contribution < -0.4 is 5.32 Å². The van der Waals surface area contributed by atoms with Gasteiger partial charge in [-0.1, -0.05) is 60.5 Å². The van der Waals surface area contributed by atoms with Gasteiger partial charge < -0.3 is 10.2 Å². The molecule has 0 aliphatic rings. The Morgan fingerprint density at radius 1 is 1.04 bits per heavy atom. The standard InChI is InChI=1S/C22H26Cl2N2O2/c1-4-20(22(28)25-15(2)3)26(14-16-9-11-18(23)12-10-16)21(27)13-17-7-5-6-8-19(17)24/h5-12,15,20H,4,13-14H2,1-3H3,(H,25,28). The SMILES string of the molecule is CCC(C(=O)NC(C)C)N(Cc1ccc(Cl)cc1)C(=O)Cc1ccccc1Cl. The van der Waals surface area contributed by atoms with Crippen LogP contribution in [0.5, 0.6) is 0 Å². The van der Waals surface area contributed by atoms with Crippen molar-refractivity contribution in [2.45, 2.75) is 52.2 Å². The van der Waals surface area contributed by atoms with E-state index in [1.54, 1.807) is 23.1 Å². The smallest absolute Gasteiger partial charge is 0.243 e. The van der Waals surface area contributed by atoms with E-state index in [4.69, 9.17) is 23.2 Å². The molecule has 0 saturated carbocycles. The van der Waals surface area contributed by atoms with Gasteiger partial charge in [-0.25, -0.2) is 0 Å². The molecular weight excluding hydrogens is 395 g/mol. The maximum Gasteiger partial charge on any atom is 0.243 e. The van der Waals surface area contributed by atoms with Crippen LogP contribution >= 0.6 is 23.2 Å². The summed E-state index contributed by atoms with van der Waals surface area (Å²) in [6.07, 6.45) is 0.652. The van der Waals surface area contributed by atoms with E-state index in [1.165, 1.54) is 0 Å². The third-order valence-electron chi connectivity index (χ3n) is 4.38. The molecule has 4 nitrogen and oxygen atoms in total. The predicted octanol–water partition coefficient (Wildman–Crippen LogP) is 4.87. The van der Waals surface area contributed by atoms with Crippen molar-refractivity contribution >= 4 is 35.0 Å². The molecule has 1 unspecified atom stereocenters. The average Bonchev–Trinajstić information content (AvgIpc) is 2.64. The molecule has 1 N–H and O–H groups in total. The normalized spacial score (nSPS) is 11.9. The summed E-state index contributed by atoms with van der Waals surface area (Å²) in [6, 6.07) is 14.0. The van der Waals surface area contributed by atoms with Crippen LogP contribution in [0.3, 0.4) is 0 Å². The first-order valence-electron chi connectivity index (χ1n) is 9.39. The van der Waals surface area contributed by atoms with E-state index in [1.807, 2.05) is 51.1 Å². The van der Waals surface area contributed by atoms with Crippen molar-refractivity contribution in [1.82, 2.24) is 10.2 Å². The fourth-order valence-corrected chi connectivity index (χ4v) is 3.32. The van der Waals surface area contributed by atoms with Crippen LogP contribution in [0, 0.1) is 0 Å². The Labute approximate surface area is 176 Å². The first-order valence-corrected chi connectivity index (χ1v) is 10.1. The number of carbonyl (C=O) groups excluding carboxylic acids is 2. The summed E-state index contributed by atoms with van der Waals surface area (Å²) < 4.78 is 0. The number of hydrogen-bond acceptors (Lipinski definition) is 2. The highest BCUT2D eigenvalue weighted by Crippen LogP contribution is 2.20. The molecule has 2 rings (SSSR count). The lowest BCUT2D eigenvalue weighted by molar-refractivity contribution is -0.141. The number of nitrogens with one attached hydrogen (secondary N) is 1. The molecule has 0 spiro atoms. The Balaban J connectivity index is 2.30. The van der Waals surface area contributed by atoms with Gasteiger partial charge in [-0.15, -0.1) is 0 Å². The third-order valence-corrected chi connectivity index (χ3v) is 5.00. The number of carbonyl (C=O) groups is 2. The largest absolute Gasteiger partial charge is 0.352 e. The number of nitrogens with zero attached hydrogens (tertiary/aromatic N) is 1. The number of halogens is 2. The zero-order valence-electron chi connectivity index (χ0n) is 16.4. The molecule has 0 aliphatic carbocycles. The summed E-state index contributed by atoms with van der Waals surface area (Å²) in [6.45, 7) is 6.03. The first kappa shape index (κ1) is 22.3. The minimum Gasteiger partial charge on any atom is -0.352 e. The summed E-state index contributed by atoms with van der Waals surface area (Å²) in [5.74, 6) is -0.298. The van der Waals surface area contributed by atoms with Crippen molar-refractivity contribution in [3.8, 4) is 0 Å². The van der Waals surface area contributed by atoms with Crippen LogP contribution in [-0.4, -0.2) is 28.8 Å². The third kappa shape index (κ3) is 6.25. The van der Waals surface area contributed by atoms with E-state index >= 15 is 0 Å². The molecule has 2 aromatic carbocycles. The lowest BCUT2D eigenvalue weighted by atomic mass is 10.1. The number of benzene rings is 2. The summed E-state index contributed by atoms with van der Waals surface area (Å²) in [5, 5.41) is 4.09. The number of hydrogen-bond donors (Lipinski definition) is 1. The molecule has 28 heavy (non-hydrogen) atoms. The van der Waals surface area contributed by atoms with Gasteiger partial charge in [-0.05, 0) is 49.6 Å². The van der Waals surface area contributed by atoms with Crippen molar-refractivity contribution in [3.05, 3.63) is 69.7 Å². The van der Waals surface area contributed by atoms with Crippen LogP contribution in [-0.2, 0) is 22.6 Å². The molecule has 2 amide bonds. The van der Waals surface area contributed by atoms with Gasteiger partial charge in [0.15, 0.2) is 0 Å². The summed E-state index contributed by atoms with van der Waals surface area (Å²) in [7, 11) is 0. The van der Waals surface area contributed by atoms with E-state index < -0.39 is 6.04 Å². The van der Waals surface area contributed by atoms with Crippen LogP contribution in [0.25, 0.3) is 0 Å². The molecule has 0 aromatic heterocycles. The van der Waals surface area contributed by atoms with Crippen molar-refractivity contribution in [2.24, 2.45) is 0 Å². The highest BCUT2D eigenvalue weighted by Gasteiger charge is 2.29. The van der Waals surface area contributed by atoms with E-state index in [0.717, 1.165) is 11.1 Å². The second kappa shape index (κ2) is 10.5. The molecule has 0 bridgehead atoms. The van der Waals surface area contributed by atoms with Crippen LogP contribution in [0.4, 0.5) is 0 Å². The van der Waals surface area contributed by atoms with Crippen molar-refractivity contribution < 1.29 is 9.59 Å². The summed E-state index contributed by atoms with van der Waals surface area (Å²) >= 11 is 12.2. The lowest BCUT2D eigenvalue weighted by Crippen LogP contribution is -2.50. The van der Waals surface area contributed by atoms with Crippen LogP contribution in [0.1, 0.15) is 38.3 Å². The van der Waals surface area contributed by atoms with Gasteiger partial charge in [0.1, 0.15) is 6.04 Å². The number of amides is 2.